The van der Waals surface area contributed by atoms with Crippen molar-refractivity contribution in [2.24, 2.45) is 0 Å². The van der Waals surface area contributed by atoms with Crippen LogP contribution in [0.25, 0.3) is 0 Å². The lowest BCUT2D eigenvalue weighted by molar-refractivity contribution is -0.0118. The largest absolute Gasteiger partial charge is 0.494 e. The van der Waals surface area contributed by atoms with Gasteiger partial charge in [0.2, 0.25) is 9.84 Å². The van der Waals surface area contributed by atoms with Crippen LogP contribution >= 0.6 is 0 Å². The number of nitrogens with two attached hydrogens (primary N) is 1. The fraction of sp³-hybridized carbons (Fsp3) is 0.421. The monoisotopic (exact) mass is 388 g/mol. The summed E-state index contributed by atoms with van der Waals surface area (Å²) in [5, 5.41) is 0. The van der Waals surface area contributed by atoms with Crippen LogP contribution in [0.2, 0.25) is 0 Å². The molecule has 0 aliphatic carbocycles. The number of sulfone groups is 1. The zero-order valence-electron chi connectivity index (χ0n) is 16.3. The lowest BCUT2D eigenvalue weighted by Gasteiger charge is -2.35. The molecule has 6 nitrogen and oxygen atoms in total. The van der Waals surface area contributed by atoms with E-state index in [4.69, 9.17) is 15.0 Å². The molecule has 0 saturated carbocycles. The van der Waals surface area contributed by atoms with Crippen molar-refractivity contribution in [1.82, 2.24) is 4.98 Å². The molecule has 2 aromatic rings. The Morgan fingerprint density at radius 2 is 1.74 bits per heavy atom. The van der Waals surface area contributed by atoms with Gasteiger partial charge in [0.25, 0.3) is 0 Å². The van der Waals surface area contributed by atoms with Gasteiger partial charge in [-0.05, 0) is 63.3 Å². The fourth-order valence-electron chi connectivity index (χ4n) is 3.09. The predicted molar refractivity (Wildman–Crippen MR) is 106 cm³/mol. The molecule has 0 spiro atoms. The van der Waals surface area contributed by atoms with Crippen molar-refractivity contribution in [3.8, 4) is 0 Å². The van der Waals surface area contributed by atoms with Gasteiger partial charge in [0.15, 0.2) is 0 Å². The highest BCUT2D eigenvalue weighted by molar-refractivity contribution is 7.91. The van der Waals surface area contributed by atoms with E-state index in [2.05, 4.69) is 11.9 Å². The van der Waals surface area contributed by atoms with Gasteiger partial charge < -0.3 is 15.0 Å². The lowest BCUT2D eigenvalue weighted by Crippen LogP contribution is -2.44. The Balaban J connectivity index is 1.89. The molecule has 8 heteroatoms. The van der Waals surface area contributed by atoms with Gasteiger partial charge in [0.05, 0.1) is 21.0 Å². The molecule has 1 aromatic heterocycles. The molecule has 1 aliphatic heterocycles. The molecule has 1 atom stereocenters. The smallest absolute Gasteiger partial charge is 0.399 e. The summed E-state index contributed by atoms with van der Waals surface area (Å²) < 4.78 is 37.9. The van der Waals surface area contributed by atoms with Crippen LogP contribution in [0.4, 0.5) is 5.82 Å². The van der Waals surface area contributed by atoms with Crippen molar-refractivity contribution in [3.63, 3.8) is 0 Å². The summed E-state index contributed by atoms with van der Waals surface area (Å²) in [5.74, 6) is 0.321. The Morgan fingerprint density at radius 1 is 1.11 bits per heavy atom. The number of hydrogen-bond acceptors (Lipinski definition) is 6. The first kappa shape index (κ1) is 19.9. The zero-order valence-corrected chi connectivity index (χ0v) is 17.1. The van der Waals surface area contributed by atoms with Crippen LogP contribution in [0.1, 0.15) is 39.7 Å². The summed E-state index contributed by atoms with van der Waals surface area (Å²) in [6.07, 6.45) is 2.09. The van der Waals surface area contributed by atoms with Crippen molar-refractivity contribution in [1.29, 1.82) is 0 Å². The van der Waals surface area contributed by atoms with Gasteiger partial charge >= 0.3 is 7.12 Å². The van der Waals surface area contributed by atoms with Crippen LogP contribution in [-0.2, 0) is 19.1 Å². The summed E-state index contributed by atoms with van der Waals surface area (Å²) in [6.45, 7) is 9.83. The Kier molecular flexibility index (Phi) is 4.86. The van der Waals surface area contributed by atoms with E-state index in [1.54, 1.807) is 31.2 Å². The van der Waals surface area contributed by atoms with E-state index < -0.39 is 28.2 Å². The summed E-state index contributed by atoms with van der Waals surface area (Å²) in [4.78, 5) is 4.26. The van der Waals surface area contributed by atoms with Gasteiger partial charge in [-0.1, -0.05) is 19.1 Å². The molecule has 0 amide bonds. The maximum atomic E-state index is 12.8. The van der Waals surface area contributed by atoms with Gasteiger partial charge in [-0.25, -0.2) is 13.4 Å². The average molecular weight is 388 g/mol. The summed E-state index contributed by atoms with van der Waals surface area (Å²) in [7, 11) is -4.19. The highest BCUT2D eigenvalue weighted by Crippen LogP contribution is 2.39. The molecule has 1 aliphatic rings. The fourth-order valence-corrected chi connectivity index (χ4v) is 4.38. The molecule has 2 N–H and O–H groups in total. The molecule has 3 rings (SSSR count). The first-order valence-corrected chi connectivity index (χ1v) is 10.4. The normalized spacial score (nSPS) is 22.2. The van der Waals surface area contributed by atoms with Crippen molar-refractivity contribution >= 4 is 28.2 Å². The second-order valence-electron chi connectivity index (χ2n) is 7.61. The number of benzene rings is 1. The minimum atomic E-state index is -3.67. The first-order valence-electron chi connectivity index (χ1n) is 8.93. The van der Waals surface area contributed by atoms with Crippen molar-refractivity contribution in [2.75, 3.05) is 5.73 Å². The minimum absolute atomic E-state index is 0.120. The summed E-state index contributed by atoms with van der Waals surface area (Å²) in [5.41, 5.74) is 6.24. The molecule has 0 radical (unpaired) electrons. The SMILES string of the molecule is CCC1(C)OB(c2ccc(S(=O)(=O)c3cnc(N)c(C)c3)cc2)OC1(C)C. The number of pyridine rings is 1. The van der Waals surface area contributed by atoms with Crippen LogP contribution in [0.5, 0.6) is 0 Å². The Morgan fingerprint density at radius 3 is 2.26 bits per heavy atom. The van der Waals surface area contributed by atoms with E-state index in [1.165, 1.54) is 12.3 Å². The van der Waals surface area contributed by atoms with Crippen molar-refractivity contribution in [2.45, 2.75) is 62.0 Å². The second-order valence-corrected chi connectivity index (χ2v) is 9.56. The molecular weight excluding hydrogens is 363 g/mol. The first-order chi connectivity index (χ1) is 12.5. The Hall–Kier alpha value is -1.90. The third kappa shape index (κ3) is 3.37. The van der Waals surface area contributed by atoms with E-state index in [1.807, 2.05) is 20.8 Å². The summed E-state index contributed by atoms with van der Waals surface area (Å²) in [6, 6.07) is 8.12. The lowest BCUT2D eigenvalue weighted by atomic mass is 9.79. The van der Waals surface area contributed by atoms with Gasteiger partial charge in [0.1, 0.15) is 5.82 Å². The van der Waals surface area contributed by atoms with E-state index in [0.29, 0.717) is 11.4 Å². The van der Waals surface area contributed by atoms with Crippen LogP contribution in [0, 0.1) is 6.92 Å². The molecule has 1 aromatic carbocycles. The predicted octanol–water partition coefficient (Wildman–Crippen LogP) is 2.49. The van der Waals surface area contributed by atoms with Gasteiger partial charge in [-0.2, -0.15) is 0 Å². The molecule has 2 heterocycles. The molecule has 0 bridgehead atoms. The van der Waals surface area contributed by atoms with Crippen LogP contribution in [0.3, 0.4) is 0 Å². The highest BCUT2D eigenvalue weighted by atomic mass is 32.2. The number of aryl methyl sites for hydroxylation is 1. The average Bonchev–Trinajstić information content (AvgIpc) is 2.87. The molecule has 27 heavy (non-hydrogen) atoms. The Labute approximate surface area is 161 Å². The van der Waals surface area contributed by atoms with Gasteiger partial charge in [0, 0.05) is 6.20 Å². The number of rotatable bonds is 4. The molecule has 1 saturated heterocycles. The minimum Gasteiger partial charge on any atom is -0.399 e. The third-order valence-electron chi connectivity index (χ3n) is 5.58. The van der Waals surface area contributed by atoms with E-state index in [-0.39, 0.29) is 9.79 Å². The molecule has 1 fully saturated rings. The van der Waals surface area contributed by atoms with E-state index in [0.717, 1.165) is 11.9 Å². The number of anilines is 1. The highest BCUT2D eigenvalue weighted by Gasteiger charge is 2.53. The van der Waals surface area contributed by atoms with E-state index in [9.17, 15) is 8.42 Å². The molecule has 1 unspecified atom stereocenters. The number of hydrogen-bond donors (Lipinski definition) is 1. The zero-order chi connectivity index (χ0) is 20.0. The van der Waals surface area contributed by atoms with Crippen LogP contribution in [-0.4, -0.2) is 31.7 Å². The second kappa shape index (κ2) is 6.62. The number of nitrogens with zero attached hydrogens (tertiary/aromatic N) is 1. The van der Waals surface area contributed by atoms with Crippen molar-refractivity contribution in [3.05, 3.63) is 42.1 Å². The van der Waals surface area contributed by atoms with E-state index >= 15 is 0 Å². The number of aromatic nitrogens is 1. The standard InChI is InChI=1S/C19H25BN2O4S/c1-6-19(5)18(3,4)25-20(26-19)14-7-9-15(10-8-14)27(23,24)16-11-13(2)17(21)22-12-16/h7-12H,6H2,1-5H3,(H2,21,22). The van der Waals surface area contributed by atoms with Gasteiger partial charge in [-0.15, -0.1) is 0 Å². The Bertz CT molecular complexity index is 960. The number of nitrogen functional groups attached to an aromatic ring is 1. The molecular formula is C19H25BN2O4S. The maximum absolute atomic E-state index is 12.8. The van der Waals surface area contributed by atoms with Crippen LogP contribution < -0.4 is 11.2 Å². The van der Waals surface area contributed by atoms with Crippen molar-refractivity contribution < 1.29 is 17.7 Å². The quantitative estimate of drug-likeness (QED) is 0.810. The summed E-state index contributed by atoms with van der Waals surface area (Å²) >= 11 is 0. The topological polar surface area (TPSA) is 91.5 Å². The third-order valence-corrected chi connectivity index (χ3v) is 7.32. The molecule has 144 valence electrons. The van der Waals surface area contributed by atoms with Crippen LogP contribution in [0.15, 0.2) is 46.3 Å². The van der Waals surface area contributed by atoms with Gasteiger partial charge in [-0.3, -0.25) is 0 Å². The maximum Gasteiger partial charge on any atom is 0.494 e.